The fourth-order valence-corrected chi connectivity index (χ4v) is 2.08. The molecule has 2 unspecified atom stereocenters. The van der Waals surface area contributed by atoms with Gasteiger partial charge in [-0.3, -0.25) is 9.59 Å². The van der Waals surface area contributed by atoms with E-state index in [1.54, 1.807) is 0 Å². The zero-order valence-corrected chi connectivity index (χ0v) is 11.0. The minimum Gasteiger partial charge on any atom is -0.480 e. The van der Waals surface area contributed by atoms with E-state index in [2.05, 4.69) is 10.1 Å². The van der Waals surface area contributed by atoms with Gasteiger partial charge in [0.25, 0.3) is 0 Å². The summed E-state index contributed by atoms with van der Waals surface area (Å²) >= 11 is 0. The van der Waals surface area contributed by atoms with E-state index >= 15 is 0 Å². The van der Waals surface area contributed by atoms with Crippen molar-refractivity contribution in [3.63, 3.8) is 0 Å². The molecule has 19 heavy (non-hydrogen) atoms. The lowest BCUT2D eigenvalue weighted by Gasteiger charge is -2.19. The van der Waals surface area contributed by atoms with Gasteiger partial charge < -0.3 is 19.9 Å². The summed E-state index contributed by atoms with van der Waals surface area (Å²) in [6, 6.07) is -1.27. The Bertz CT molecular complexity index is 356. The number of amides is 1. The number of ether oxygens (including phenoxy) is 2. The molecule has 0 radical (unpaired) electrons. The summed E-state index contributed by atoms with van der Waals surface area (Å²) in [7, 11) is 1.17. The molecule has 0 spiro atoms. The number of carboxylic acids is 1. The molecule has 3 atom stereocenters. The first-order chi connectivity index (χ1) is 8.99. The van der Waals surface area contributed by atoms with Crippen molar-refractivity contribution in [1.29, 1.82) is 0 Å². The number of nitrogens with one attached hydrogen (secondary N) is 1. The van der Waals surface area contributed by atoms with E-state index < -0.39 is 18.0 Å². The molecule has 0 bridgehead atoms. The van der Waals surface area contributed by atoms with Crippen LogP contribution < -0.4 is 5.32 Å². The molecule has 7 heteroatoms. The average Bonchev–Trinajstić information content (AvgIpc) is 2.85. The van der Waals surface area contributed by atoms with Crippen molar-refractivity contribution < 1.29 is 29.0 Å². The van der Waals surface area contributed by atoms with Crippen LogP contribution in [-0.4, -0.2) is 48.8 Å². The van der Waals surface area contributed by atoms with Crippen LogP contribution in [0.3, 0.4) is 0 Å². The number of hydrogen-bond acceptors (Lipinski definition) is 5. The van der Waals surface area contributed by atoms with Gasteiger partial charge in [0.15, 0.2) is 0 Å². The predicted octanol–water partition coefficient (Wildman–Crippen LogP) is -0.0660. The number of esters is 1. The zero-order chi connectivity index (χ0) is 14.4. The third-order valence-electron chi connectivity index (χ3n) is 3.16. The highest BCUT2D eigenvalue weighted by molar-refractivity contribution is 5.88. The Morgan fingerprint density at radius 3 is 2.68 bits per heavy atom. The molecule has 7 nitrogen and oxygen atoms in total. The standard InChI is InChI=1S/C12H19NO6/c1-3-9-7(4-5-19-9)11(15)13-8(12(16)17)6-10(14)18-2/h7-9H,3-6H2,1-2H3,(H,13,15)(H,16,17)/t7?,8-,9?/m0/s1. The van der Waals surface area contributed by atoms with E-state index in [0.29, 0.717) is 19.4 Å². The van der Waals surface area contributed by atoms with E-state index in [1.807, 2.05) is 6.92 Å². The summed E-state index contributed by atoms with van der Waals surface area (Å²) < 4.78 is 9.78. The lowest BCUT2D eigenvalue weighted by atomic mass is 9.98. The maximum atomic E-state index is 12.0. The van der Waals surface area contributed by atoms with Gasteiger partial charge in [0, 0.05) is 6.61 Å². The van der Waals surface area contributed by atoms with Crippen LogP contribution in [0.2, 0.25) is 0 Å². The number of carboxylic acid groups (broad SMARTS) is 1. The van der Waals surface area contributed by atoms with Crippen LogP contribution in [0.4, 0.5) is 0 Å². The van der Waals surface area contributed by atoms with Gasteiger partial charge in [-0.1, -0.05) is 6.92 Å². The van der Waals surface area contributed by atoms with Gasteiger partial charge in [0.2, 0.25) is 5.91 Å². The lowest BCUT2D eigenvalue weighted by molar-refractivity contribution is -0.149. The molecule has 0 aromatic carbocycles. The Labute approximate surface area is 111 Å². The SMILES string of the molecule is CCC1OCCC1C(=O)N[C@@H](CC(=O)OC)C(=O)O. The molecule has 0 aromatic rings. The van der Waals surface area contributed by atoms with E-state index in [0.717, 1.165) is 0 Å². The number of aliphatic carboxylic acids is 1. The molecule has 108 valence electrons. The molecule has 1 amide bonds. The molecule has 0 aliphatic carbocycles. The van der Waals surface area contributed by atoms with Crippen LogP contribution in [0.1, 0.15) is 26.2 Å². The van der Waals surface area contributed by atoms with Crippen LogP contribution >= 0.6 is 0 Å². The van der Waals surface area contributed by atoms with Crippen LogP contribution in [0.25, 0.3) is 0 Å². The van der Waals surface area contributed by atoms with Gasteiger partial charge in [-0.15, -0.1) is 0 Å². The number of methoxy groups -OCH3 is 1. The minimum atomic E-state index is -1.27. The van der Waals surface area contributed by atoms with Gasteiger partial charge in [-0.05, 0) is 12.8 Å². The van der Waals surface area contributed by atoms with E-state index in [1.165, 1.54) is 7.11 Å². The van der Waals surface area contributed by atoms with Gasteiger partial charge in [-0.25, -0.2) is 4.79 Å². The van der Waals surface area contributed by atoms with Crippen LogP contribution in [0, 0.1) is 5.92 Å². The number of carbonyl (C=O) groups excluding carboxylic acids is 2. The molecule has 1 fully saturated rings. The fraction of sp³-hybridized carbons (Fsp3) is 0.750. The molecule has 1 saturated heterocycles. The normalized spacial score (nSPS) is 23.7. The third-order valence-corrected chi connectivity index (χ3v) is 3.16. The van der Waals surface area contributed by atoms with Gasteiger partial charge in [0.1, 0.15) is 6.04 Å². The Morgan fingerprint density at radius 1 is 1.47 bits per heavy atom. The monoisotopic (exact) mass is 273 g/mol. The first kappa shape index (κ1) is 15.4. The third kappa shape index (κ3) is 4.20. The minimum absolute atomic E-state index is 0.187. The van der Waals surface area contributed by atoms with Crippen LogP contribution in [0.15, 0.2) is 0 Å². The van der Waals surface area contributed by atoms with Crippen LogP contribution in [0.5, 0.6) is 0 Å². The summed E-state index contributed by atoms with van der Waals surface area (Å²) in [4.78, 5) is 34.1. The van der Waals surface area contributed by atoms with Gasteiger partial charge >= 0.3 is 11.9 Å². The van der Waals surface area contributed by atoms with E-state index in [-0.39, 0.29) is 24.3 Å². The maximum absolute atomic E-state index is 12.0. The first-order valence-electron chi connectivity index (χ1n) is 6.21. The molecule has 1 aliphatic rings. The number of carbonyl (C=O) groups is 3. The van der Waals surface area contributed by atoms with Crippen molar-refractivity contribution in [2.24, 2.45) is 5.92 Å². The van der Waals surface area contributed by atoms with Crippen molar-refractivity contribution in [3.8, 4) is 0 Å². The topological polar surface area (TPSA) is 102 Å². The first-order valence-corrected chi connectivity index (χ1v) is 6.21. The quantitative estimate of drug-likeness (QED) is 0.657. The number of hydrogen-bond donors (Lipinski definition) is 2. The molecule has 1 heterocycles. The molecule has 1 aliphatic heterocycles. The fourth-order valence-electron chi connectivity index (χ4n) is 2.08. The smallest absolute Gasteiger partial charge is 0.326 e. The molecular weight excluding hydrogens is 254 g/mol. The Morgan fingerprint density at radius 2 is 2.16 bits per heavy atom. The van der Waals surface area contributed by atoms with Crippen LogP contribution in [-0.2, 0) is 23.9 Å². The van der Waals surface area contributed by atoms with Crippen molar-refractivity contribution >= 4 is 17.8 Å². The second kappa shape index (κ2) is 7.08. The van der Waals surface area contributed by atoms with Crippen molar-refractivity contribution in [2.45, 2.75) is 38.3 Å². The van der Waals surface area contributed by atoms with Gasteiger partial charge in [0.05, 0.1) is 25.6 Å². The maximum Gasteiger partial charge on any atom is 0.326 e. The number of rotatable bonds is 6. The molecule has 0 aromatic heterocycles. The Balaban J connectivity index is 2.60. The highest BCUT2D eigenvalue weighted by Crippen LogP contribution is 2.23. The molecule has 1 rings (SSSR count). The van der Waals surface area contributed by atoms with E-state index in [9.17, 15) is 14.4 Å². The van der Waals surface area contributed by atoms with Gasteiger partial charge in [-0.2, -0.15) is 0 Å². The second-order valence-corrected chi connectivity index (χ2v) is 4.39. The lowest BCUT2D eigenvalue weighted by Crippen LogP contribution is -2.46. The molecule has 2 N–H and O–H groups in total. The predicted molar refractivity (Wildman–Crippen MR) is 64.3 cm³/mol. The Hall–Kier alpha value is -1.63. The van der Waals surface area contributed by atoms with Crippen molar-refractivity contribution in [3.05, 3.63) is 0 Å². The van der Waals surface area contributed by atoms with E-state index in [4.69, 9.17) is 9.84 Å². The largest absolute Gasteiger partial charge is 0.480 e. The summed E-state index contributed by atoms with van der Waals surface area (Å²) in [6.45, 7) is 2.39. The van der Waals surface area contributed by atoms with Crippen molar-refractivity contribution in [2.75, 3.05) is 13.7 Å². The highest BCUT2D eigenvalue weighted by atomic mass is 16.5. The Kier molecular flexibility index (Phi) is 5.75. The second-order valence-electron chi connectivity index (χ2n) is 4.39. The zero-order valence-electron chi connectivity index (χ0n) is 11.0. The summed E-state index contributed by atoms with van der Waals surface area (Å²) in [5, 5.41) is 11.3. The highest BCUT2D eigenvalue weighted by Gasteiger charge is 2.35. The van der Waals surface area contributed by atoms with Crippen molar-refractivity contribution in [1.82, 2.24) is 5.32 Å². The summed E-state index contributed by atoms with van der Waals surface area (Å²) in [6.07, 6.45) is 0.677. The summed E-state index contributed by atoms with van der Waals surface area (Å²) in [5.41, 5.74) is 0. The summed E-state index contributed by atoms with van der Waals surface area (Å²) in [5.74, 6) is -2.68. The molecule has 0 saturated carbocycles. The average molecular weight is 273 g/mol. The molecular formula is C12H19NO6.